The molecule has 0 unspecified atom stereocenters. The van der Waals surface area contributed by atoms with Crippen LogP contribution in [0, 0.1) is 0 Å². The van der Waals surface area contributed by atoms with Gasteiger partial charge in [-0.05, 0) is 24.5 Å². The summed E-state index contributed by atoms with van der Waals surface area (Å²) >= 11 is 0. The lowest BCUT2D eigenvalue weighted by Gasteiger charge is -2.06. The van der Waals surface area contributed by atoms with E-state index < -0.39 is 0 Å². The fourth-order valence-electron chi connectivity index (χ4n) is 2.68. The number of nitrogens with two attached hydrogens (primary N) is 3. The highest BCUT2D eigenvalue weighted by molar-refractivity contribution is 5.97. The molecule has 1 aromatic carbocycles. The number of nitrogen functional groups attached to an aromatic ring is 1. The third kappa shape index (κ3) is 4.51. The predicted octanol–water partition coefficient (Wildman–Crippen LogP) is 0.732. The minimum Gasteiger partial charge on any atom is -0.493 e. The van der Waals surface area contributed by atoms with Gasteiger partial charge in [-0.15, -0.1) is 5.10 Å². The number of methoxy groups -OCH3 is 1. The number of aromatic nitrogens is 5. The summed E-state index contributed by atoms with van der Waals surface area (Å²) in [5.74, 6) is 7.36. The molecule has 0 aliphatic heterocycles. The molecule has 7 N–H and O–H groups in total. The van der Waals surface area contributed by atoms with Gasteiger partial charge in [0.25, 0.3) is 5.78 Å². The Morgan fingerprint density at radius 1 is 1.24 bits per heavy atom. The molecule has 0 saturated heterocycles. The van der Waals surface area contributed by atoms with Gasteiger partial charge in [0.1, 0.15) is 5.84 Å². The summed E-state index contributed by atoms with van der Waals surface area (Å²) in [6.45, 7) is 2.61. The second-order valence-corrected chi connectivity index (χ2v) is 6.12. The summed E-state index contributed by atoms with van der Waals surface area (Å²) in [7, 11) is 1.57. The second kappa shape index (κ2) is 8.87. The molecule has 0 saturated carbocycles. The lowest BCUT2D eigenvalue weighted by Crippen LogP contribution is -2.15. The van der Waals surface area contributed by atoms with Crippen LogP contribution in [-0.2, 0) is 11.2 Å². The number of fused-ring (bicyclic) bond motifs is 1. The SMILES string of the molecule is CC/C=C(\OC)c1nc2nc(NCCc3ccc(/C(N)=N/N)cc3)nc(N)n2n1. The standard InChI is InChI=1S/C18H24N10O/c1-3-4-13(29-2)15-23-18-25-17(24-16(20)28(18)27-15)22-10-9-11-5-7-12(8-6-11)14(19)26-21/h4-8H,3,9-10,21H2,1-2H3,(H2,19,26)(H3,20,22,23,24,25,27)/b13-4-. The van der Waals surface area contributed by atoms with E-state index in [4.69, 9.17) is 22.0 Å². The molecule has 0 spiro atoms. The van der Waals surface area contributed by atoms with E-state index >= 15 is 0 Å². The topological polar surface area (TPSA) is 168 Å². The average Bonchev–Trinajstić information content (AvgIpc) is 3.16. The van der Waals surface area contributed by atoms with Gasteiger partial charge in [0, 0.05) is 12.1 Å². The lowest BCUT2D eigenvalue weighted by atomic mass is 10.1. The first kappa shape index (κ1) is 19.9. The van der Waals surface area contributed by atoms with Gasteiger partial charge in [-0.3, -0.25) is 0 Å². The summed E-state index contributed by atoms with van der Waals surface area (Å²) in [6, 6.07) is 7.67. The van der Waals surface area contributed by atoms with E-state index in [-0.39, 0.29) is 5.95 Å². The second-order valence-electron chi connectivity index (χ2n) is 6.12. The zero-order valence-corrected chi connectivity index (χ0v) is 16.3. The molecule has 11 nitrogen and oxygen atoms in total. The largest absolute Gasteiger partial charge is 0.493 e. The molecule has 3 rings (SSSR count). The Hall–Kier alpha value is -3.89. The van der Waals surface area contributed by atoms with Crippen LogP contribution in [-0.4, -0.2) is 44.1 Å². The van der Waals surface area contributed by atoms with Crippen molar-refractivity contribution < 1.29 is 4.74 Å². The van der Waals surface area contributed by atoms with Gasteiger partial charge < -0.3 is 27.4 Å². The van der Waals surface area contributed by atoms with Crippen molar-refractivity contribution in [2.24, 2.45) is 16.7 Å². The van der Waals surface area contributed by atoms with Crippen LogP contribution in [0.4, 0.5) is 11.9 Å². The maximum atomic E-state index is 6.00. The van der Waals surface area contributed by atoms with E-state index in [2.05, 4.69) is 30.5 Å². The highest BCUT2D eigenvalue weighted by Crippen LogP contribution is 2.15. The number of rotatable bonds is 8. The van der Waals surface area contributed by atoms with E-state index in [1.807, 2.05) is 37.3 Å². The number of allylic oxidation sites excluding steroid dienone is 1. The lowest BCUT2D eigenvalue weighted by molar-refractivity contribution is 0.365. The van der Waals surface area contributed by atoms with Crippen molar-refractivity contribution >= 4 is 29.3 Å². The number of hydrogen-bond donors (Lipinski definition) is 4. The number of nitrogens with zero attached hydrogens (tertiary/aromatic N) is 6. The Bertz CT molecular complexity index is 1040. The zero-order chi connectivity index (χ0) is 20.8. The van der Waals surface area contributed by atoms with E-state index in [0.717, 1.165) is 24.0 Å². The Kier molecular flexibility index (Phi) is 6.07. The Balaban J connectivity index is 1.69. The maximum Gasteiger partial charge on any atom is 0.259 e. The van der Waals surface area contributed by atoms with E-state index in [9.17, 15) is 0 Å². The molecule has 0 radical (unpaired) electrons. The first-order valence-corrected chi connectivity index (χ1v) is 9.07. The summed E-state index contributed by atoms with van der Waals surface area (Å²) in [5, 5.41) is 10.9. The normalized spacial score (nSPS) is 12.3. The fourth-order valence-corrected chi connectivity index (χ4v) is 2.68. The maximum absolute atomic E-state index is 6.00. The van der Waals surface area contributed by atoms with Crippen molar-refractivity contribution in [2.45, 2.75) is 19.8 Å². The van der Waals surface area contributed by atoms with Crippen molar-refractivity contribution in [1.29, 1.82) is 0 Å². The number of nitrogens with one attached hydrogen (secondary N) is 1. The molecule has 0 fully saturated rings. The van der Waals surface area contributed by atoms with Gasteiger partial charge in [0.15, 0.2) is 5.76 Å². The van der Waals surface area contributed by atoms with Gasteiger partial charge in [0.05, 0.1) is 7.11 Å². The highest BCUT2D eigenvalue weighted by Gasteiger charge is 2.14. The average molecular weight is 396 g/mol. The molecule has 11 heteroatoms. The van der Waals surface area contributed by atoms with Gasteiger partial charge in [-0.25, -0.2) is 0 Å². The molecular weight excluding hydrogens is 372 g/mol. The third-order valence-corrected chi connectivity index (χ3v) is 4.15. The quantitative estimate of drug-likeness (QED) is 0.141. The molecule has 29 heavy (non-hydrogen) atoms. The van der Waals surface area contributed by atoms with Crippen LogP contribution in [0.25, 0.3) is 11.5 Å². The van der Waals surface area contributed by atoms with Gasteiger partial charge in [-0.1, -0.05) is 31.2 Å². The van der Waals surface area contributed by atoms with Crippen molar-refractivity contribution in [3.05, 3.63) is 47.3 Å². The van der Waals surface area contributed by atoms with Crippen LogP contribution < -0.4 is 22.6 Å². The molecule has 2 aromatic heterocycles. The molecule has 152 valence electrons. The first-order chi connectivity index (χ1) is 14.0. The van der Waals surface area contributed by atoms with E-state index in [0.29, 0.717) is 35.7 Å². The fraction of sp³-hybridized carbons (Fsp3) is 0.278. The highest BCUT2D eigenvalue weighted by atomic mass is 16.5. The van der Waals surface area contributed by atoms with Crippen LogP contribution in [0.5, 0.6) is 0 Å². The summed E-state index contributed by atoms with van der Waals surface area (Å²) < 4.78 is 6.70. The van der Waals surface area contributed by atoms with Crippen molar-refractivity contribution in [2.75, 3.05) is 24.7 Å². The number of hydrazone groups is 1. The van der Waals surface area contributed by atoms with Crippen LogP contribution in [0.3, 0.4) is 0 Å². The van der Waals surface area contributed by atoms with E-state index in [1.54, 1.807) is 7.11 Å². The number of hydrogen-bond acceptors (Lipinski definition) is 9. The molecular formula is C18H24N10O. The number of anilines is 2. The van der Waals surface area contributed by atoms with Crippen LogP contribution in [0.1, 0.15) is 30.3 Å². The number of ether oxygens (including phenoxy) is 1. The number of benzene rings is 1. The van der Waals surface area contributed by atoms with Crippen molar-refractivity contribution in [1.82, 2.24) is 24.6 Å². The van der Waals surface area contributed by atoms with Crippen molar-refractivity contribution in [3.8, 4) is 0 Å². The Morgan fingerprint density at radius 2 is 2.00 bits per heavy atom. The smallest absolute Gasteiger partial charge is 0.259 e. The van der Waals surface area contributed by atoms with Crippen LogP contribution >= 0.6 is 0 Å². The first-order valence-electron chi connectivity index (χ1n) is 9.07. The summed E-state index contributed by atoms with van der Waals surface area (Å²) in [5.41, 5.74) is 13.6. The molecule has 0 aliphatic carbocycles. The molecule has 3 aromatic rings. The van der Waals surface area contributed by atoms with Gasteiger partial charge in [0.2, 0.25) is 17.7 Å². The molecule has 0 bridgehead atoms. The predicted molar refractivity (Wildman–Crippen MR) is 112 cm³/mol. The third-order valence-electron chi connectivity index (χ3n) is 4.15. The summed E-state index contributed by atoms with van der Waals surface area (Å²) in [6.07, 6.45) is 3.43. The molecule has 0 amide bonds. The summed E-state index contributed by atoms with van der Waals surface area (Å²) in [4.78, 5) is 13.0. The monoisotopic (exact) mass is 396 g/mol. The minimum atomic E-state index is 0.184. The van der Waals surface area contributed by atoms with Gasteiger partial charge >= 0.3 is 0 Å². The van der Waals surface area contributed by atoms with Crippen molar-refractivity contribution in [3.63, 3.8) is 0 Å². The number of amidine groups is 1. The molecule has 0 aliphatic rings. The molecule has 0 atom stereocenters. The zero-order valence-electron chi connectivity index (χ0n) is 16.3. The van der Waals surface area contributed by atoms with Crippen LogP contribution in [0.2, 0.25) is 0 Å². The Labute approximate surface area is 167 Å². The van der Waals surface area contributed by atoms with Crippen LogP contribution in [0.15, 0.2) is 35.4 Å². The van der Waals surface area contributed by atoms with Gasteiger partial charge in [-0.2, -0.15) is 24.6 Å². The van der Waals surface area contributed by atoms with E-state index in [1.165, 1.54) is 4.52 Å². The minimum absolute atomic E-state index is 0.184. The molecule has 2 heterocycles. The Morgan fingerprint density at radius 3 is 2.66 bits per heavy atom.